The minimum Gasteiger partial charge on any atom is -0.497 e. The van der Waals surface area contributed by atoms with Crippen LogP contribution in [0.3, 0.4) is 0 Å². The number of fused-ring (bicyclic) bond motifs is 1. The highest BCUT2D eigenvalue weighted by Crippen LogP contribution is 2.33. The Bertz CT molecular complexity index is 1120. The molecule has 0 radical (unpaired) electrons. The summed E-state index contributed by atoms with van der Waals surface area (Å²) in [5, 5.41) is 7.17. The quantitative estimate of drug-likeness (QED) is 0.657. The van der Waals surface area contributed by atoms with Gasteiger partial charge in [0.15, 0.2) is 11.5 Å². The van der Waals surface area contributed by atoms with E-state index in [1.807, 2.05) is 42.5 Å². The molecule has 8 heteroatoms. The first-order valence-electron chi connectivity index (χ1n) is 10.0. The number of benzene rings is 2. The number of nitrogens with zero attached hydrogens (tertiary/aromatic N) is 2. The summed E-state index contributed by atoms with van der Waals surface area (Å²) in [6, 6.07) is 15.9. The normalized spacial score (nSPS) is 12.7. The molecule has 1 N–H and O–H groups in total. The lowest BCUT2D eigenvalue weighted by Gasteiger charge is -2.11. The van der Waals surface area contributed by atoms with Gasteiger partial charge < -0.3 is 19.5 Å². The molecule has 160 valence electrons. The van der Waals surface area contributed by atoms with Crippen molar-refractivity contribution in [2.45, 2.75) is 19.5 Å². The molecule has 1 aromatic heterocycles. The number of hydrogen-bond donors (Lipinski definition) is 1. The summed E-state index contributed by atoms with van der Waals surface area (Å²) in [5.74, 6) is 1.78. The molecule has 0 aliphatic carbocycles. The van der Waals surface area contributed by atoms with Crippen molar-refractivity contribution in [3.8, 4) is 28.5 Å². The van der Waals surface area contributed by atoms with Gasteiger partial charge in [-0.25, -0.2) is 4.68 Å². The molecule has 3 aromatic rings. The zero-order valence-electron chi connectivity index (χ0n) is 17.2. The monoisotopic (exact) mass is 421 g/mol. The molecule has 0 fully saturated rings. The third-order valence-electron chi connectivity index (χ3n) is 4.85. The van der Waals surface area contributed by atoms with Crippen LogP contribution in [0.1, 0.15) is 12.0 Å². The highest BCUT2D eigenvalue weighted by molar-refractivity contribution is 5.75. The average Bonchev–Trinajstić information content (AvgIpc) is 3.04. The van der Waals surface area contributed by atoms with E-state index in [0.29, 0.717) is 37.0 Å². The fourth-order valence-electron chi connectivity index (χ4n) is 3.17. The molecule has 1 aliphatic rings. The zero-order chi connectivity index (χ0) is 21.6. The van der Waals surface area contributed by atoms with Crippen molar-refractivity contribution in [1.82, 2.24) is 15.1 Å². The van der Waals surface area contributed by atoms with Crippen molar-refractivity contribution in [2.75, 3.05) is 20.3 Å². The van der Waals surface area contributed by atoms with Gasteiger partial charge in [0.25, 0.3) is 5.56 Å². The molecular formula is C23H23N3O5. The Kier molecular flexibility index (Phi) is 6.16. The number of methoxy groups -OCH3 is 1. The molecule has 4 rings (SSSR count). The van der Waals surface area contributed by atoms with Crippen LogP contribution in [-0.4, -0.2) is 36.0 Å². The summed E-state index contributed by atoms with van der Waals surface area (Å²) >= 11 is 0. The number of nitrogens with one attached hydrogen (secondary N) is 1. The van der Waals surface area contributed by atoms with E-state index in [1.165, 1.54) is 6.07 Å². The fourth-order valence-corrected chi connectivity index (χ4v) is 3.17. The van der Waals surface area contributed by atoms with Crippen molar-refractivity contribution in [3.05, 3.63) is 70.5 Å². The molecule has 2 heterocycles. The second kappa shape index (κ2) is 9.34. The van der Waals surface area contributed by atoms with E-state index < -0.39 is 0 Å². The maximum absolute atomic E-state index is 12.4. The number of carbonyl (C=O) groups is 1. The molecule has 0 unspecified atom stereocenters. The second-order valence-electron chi connectivity index (χ2n) is 7.05. The minimum absolute atomic E-state index is 0.173. The first-order chi connectivity index (χ1) is 15.1. The van der Waals surface area contributed by atoms with Gasteiger partial charge in [-0.2, -0.15) is 5.10 Å². The lowest BCUT2D eigenvalue weighted by molar-refractivity contribution is -0.122. The molecule has 31 heavy (non-hydrogen) atoms. The van der Waals surface area contributed by atoms with Crippen LogP contribution in [-0.2, 0) is 17.9 Å². The molecule has 1 amide bonds. The summed E-state index contributed by atoms with van der Waals surface area (Å²) in [5.41, 5.74) is 1.92. The van der Waals surface area contributed by atoms with Crippen molar-refractivity contribution in [3.63, 3.8) is 0 Å². The Morgan fingerprint density at radius 3 is 2.61 bits per heavy atom. The zero-order valence-corrected chi connectivity index (χ0v) is 17.2. The first-order valence-corrected chi connectivity index (χ1v) is 10.0. The number of amides is 1. The van der Waals surface area contributed by atoms with Crippen molar-refractivity contribution < 1.29 is 19.0 Å². The van der Waals surface area contributed by atoms with Crippen LogP contribution in [0.4, 0.5) is 0 Å². The van der Waals surface area contributed by atoms with E-state index in [2.05, 4.69) is 10.4 Å². The predicted molar refractivity (Wildman–Crippen MR) is 114 cm³/mol. The molecule has 0 saturated heterocycles. The maximum Gasteiger partial charge on any atom is 0.267 e. The summed E-state index contributed by atoms with van der Waals surface area (Å²) < 4.78 is 17.7. The molecule has 2 aromatic carbocycles. The van der Waals surface area contributed by atoms with Crippen molar-refractivity contribution >= 4 is 5.91 Å². The summed E-state index contributed by atoms with van der Waals surface area (Å²) in [4.78, 5) is 24.6. The van der Waals surface area contributed by atoms with Crippen LogP contribution in [0, 0.1) is 0 Å². The Hall–Kier alpha value is -3.81. The standard InChI is InChI=1S/C23H23N3O5/c1-29-18-6-3-16(4-7-18)14-24-22(27)15-26-23(28)10-8-19(25-26)17-5-9-20-21(13-17)31-12-2-11-30-20/h3-10,13H,2,11-12,14-15H2,1H3,(H,24,27). The maximum atomic E-state index is 12.4. The van der Waals surface area contributed by atoms with Crippen LogP contribution in [0.25, 0.3) is 11.3 Å². The van der Waals surface area contributed by atoms with Gasteiger partial charge in [-0.05, 0) is 42.0 Å². The topological polar surface area (TPSA) is 91.7 Å². The Morgan fingerprint density at radius 1 is 1.06 bits per heavy atom. The molecule has 0 bridgehead atoms. The molecule has 8 nitrogen and oxygen atoms in total. The van der Waals surface area contributed by atoms with E-state index in [1.54, 1.807) is 13.2 Å². The van der Waals surface area contributed by atoms with Gasteiger partial charge in [-0.3, -0.25) is 9.59 Å². The van der Waals surface area contributed by atoms with Gasteiger partial charge in [0.05, 0.1) is 26.0 Å². The third kappa shape index (κ3) is 5.03. The Morgan fingerprint density at radius 2 is 1.84 bits per heavy atom. The SMILES string of the molecule is COc1ccc(CNC(=O)Cn2nc(-c3ccc4c(c3)OCCCO4)ccc2=O)cc1. The number of hydrogen-bond acceptors (Lipinski definition) is 6. The van der Waals surface area contributed by atoms with Gasteiger partial charge >= 0.3 is 0 Å². The molecule has 1 aliphatic heterocycles. The largest absolute Gasteiger partial charge is 0.497 e. The van der Waals surface area contributed by atoms with Crippen LogP contribution in [0.5, 0.6) is 17.2 Å². The fraction of sp³-hybridized carbons (Fsp3) is 0.261. The first kappa shape index (κ1) is 20.5. The highest BCUT2D eigenvalue weighted by Gasteiger charge is 2.13. The van der Waals surface area contributed by atoms with Gasteiger partial charge in [-0.15, -0.1) is 0 Å². The smallest absolute Gasteiger partial charge is 0.267 e. The predicted octanol–water partition coefficient (Wildman–Crippen LogP) is 2.40. The average molecular weight is 421 g/mol. The molecular weight excluding hydrogens is 398 g/mol. The second-order valence-corrected chi connectivity index (χ2v) is 7.05. The van der Waals surface area contributed by atoms with Crippen LogP contribution >= 0.6 is 0 Å². The van der Waals surface area contributed by atoms with E-state index in [-0.39, 0.29) is 18.0 Å². The number of aromatic nitrogens is 2. The van der Waals surface area contributed by atoms with Crippen molar-refractivity contribution in [2.24, 2.45) is 0 Å². The van der Waals surface area contributed by atoms with Gasteiger partial charge in [0.1, 0.15) is 12.3 Å². The summed E-state index contributed by atoms with van der Waals surface area (Å²) in [7, 11) is 1.60. The highest BCUT2D eigenvalue weighted by atomic mass is 16.5. The number of carbonyl (C=O) groups excluding carboxylic acids is 1. The number of ether oxygens (including phenoxy) is 3. The number of rotatable bonds is 6. The van der Waals surface area contributed by atoms with Gasteiger partial charge in [0.2, 0.25) is 5.91 Å². The van der Waals surface area contributed by atoms with Crippen molar-refractivity contribution in [1.29, 1.82) is 0 Å². The summed E-state index contributed by atoms with van der Waals surface area (Å²) in [6.45, 7) is 1.37. The Labute approximate surface area is 179 Å². The van der Waals surface area contributed by atoms with Crippen LogP contribution < -0.4 is 25.1 Å². The van der Waals surface area contributed by atoms with Crippen LogP contribution in [0.15, 0.2) is 59.4 Å². The van der Waals surface area contributed by atoms with Crippen LogP contribution in [0.2, 0.25) is 0 Å². The third-order valence-corrected chi connectivity index (χ3v) is 4.85. The molecule has 0 spiro atoms. The molecule has 0 saturated carbocycles. The van der Waals surface area contributed by atoms with Gasteiger partial charge in [0, 0.05) is 24.6 Å². The molecule has 0 atom stereocenters. The van der Waals surface area contributed by atoms with E-state index in [9.17, 15) is 9.59 Å². The van der Waals surface area contributed by atoms with E-state index in [4.69, 9.17) is 14.2 Å². The lowest BCUT2D eigenvalue weighted by Crippen LogP contribution is -2.33. The van der Waals surface area contributed by atoms with E-state index >= 15 is 0 Å². The van der Waals surface area contributed by atoms with E-state index in [0.717, 1.165) is 28.0 Å². The Balaban J connectivity index is 1.45. The summed E-state index contributed by atoms with van der Waals surface area (Å²) in [6.07, 6.45) is 0.818. The lowest BCUT2D eigenvalue weighted by atomic mass is 10.1. The van der Waals surface area contributed by atoms with Gasteiger partial charge in [-0.1, -0.05) is 12.1 Å². The minimum atomic E-state index is -0.349.